The number of benzene rings is 1. The van der Waals surface area contributed by atoms with E-state index in [1.165, 1.54) is 6.92 Å². The summed E-state index contributed by atoms with van der Waals surface area (Å²) in [4.78, 5) is 12.2. The van der Waals surface area contributed by atoms with Crippen LogP contribution < -0.4 is 20.1 Å². The summed E-state index contributed by atoms with van der Waals surface area (Å²) < 4.78 is 11.6. The molecule has 1 heterocycles. The van der Waals surface area contributed by atoms with Crippen LogP contribution >= 0.6 is 23.8 Å². The summed E-state index contributed by atoms with van der Waals surface area (Å²) in [7, 11) is 0. The first-order valence-corrected chi connectivity index (χ1v) is 9.41. The minimum absolute atomic E-state index is 0.0378. The Labute approximate surface area is 165 Å². The smallest absolute Gasteiger partial charge is 0.179 e. The van der Waals surface area contributed by atoms with Crippen molar-refractivity contribution in [2.24, 2.45) is 5.92 Å². The van der Waals surface area contributed by atoms with E-state index >= 15 is 0 Å². The number of hydrogen-bond donors (Lipinski definition) is 2. The van der Waals surface area contributed by atoms with E-state index in [0.717, 1.165) is 11.3 Å². The van der Waals surface area contributed by atoms with E-state index < -0.39 is 6.04 Å². The Hall–Kier alpha value is -1.79. The van der Waals surface area contributed by atoms with Gasteiger partial charge in [-0.15, -0.1) is 0 Å². The first-order valence-electron chi connectivity index (χ1n) is 8.62. The molecule has 2 rings (SSSR count). The molecule has 0 spiro atoms. The number of thiocarbonyl (C=S) groups is 1. The fourth-order valence-corrected chi connectivity index (χ4v) is 3.36. The fourth-order valence-electron chi connectivity index (χ4n) is 2.82. The quantitative estimate of drug-likeness (QED) is 0.675. The van der Waals surface area contributed by atoms with Gasteiger partial charge in [0.25, 0.3) is 0 Å². The molecule has 1 aliphatic rings. The van der Waals surface area contributed by atoms with Crippen LogP contribution in [-0.2, 0) is 4.79 Å². The second-order valence-corrected chi connectivity index (χ2v) is 7.41. The number of nitrogens with one attached hydrogen (secondary N) is 2. The van der Waals surface area contributed by atoms with Gasteiger partial charge in [0.1, 0.15) is 0 Å². The van der Waals surface area contributed by atoms with Crippen LogP contribution in [-0.4, -0.2) is 24.1 Å². The third-order valence-corrected chi connectivity index (χ3v) is 4.38. The highest BCUT2D eigenvalue weighted by Crippen LogP contribution is 2.40. The van der Waals surface area contributed by atoms with Crippen molar-refractivity contribution < 1.29 is 14.3 Å². The number of ether oxygens (including phenoxy) is 2. The molecule has 1 aromatic rings. The van der Waals surface area contributed by atoms with Crippen molar-refractivity contribution in [2.75, 3.05) is 13.2 Å². The second kappa shape index (κ2) is 8.73. The van der Waals surface area contributed by atoms with Gasteiger partial charge < -0.3 is 20.1 Å². The van der Waals surface area contributed by atoms with E-state index in [1.807, 2.05) is 19.9 Å². The van der Waals surface area contributed by atoms with Crippen LogP contribution in [0.2, 0.25) is 5.02 Å². The number of halogens is 1. The Kier molecular flexibility index (Phi) is 6.89. The van der Waals surface area contributed by atoms with E-state index in [-0.39, 0.29) is 5.78 Å². The number of Topliss-reactive ketones (excluding diaryl/α,β-unsaturated/α-hetero) is 1. The minimum atomic E-state index is -0.392. The monoisotopic (exact) mass is 396 g/mol. The van der Waals surface area contributed by atoms with Crippen molar-refractivity contribution in [3.05, 3.63) is 34.0 Å². The van der Waals surface area contributed by atoms with Crippen LogP contribution in [0.15, 0.2) is 23.4 Å². The van der Waals surface area contributed by atoms with Crippen LogP contribution in [0.5, 0.6) is 11.5 Å². The molecule has 2 N–H and O–H groups in total. The van der Waals surface area contributed by atoms with Gasteiger partial charge in [0.15, 0.2) is 22.4 Å². The fraction of sp³-hybridized carbons (Fsp3) is 0.474. The van der Waals surface area contributed by atoms with E-state index in [4.69, 9.17) is 33.3 Å². The summed E-state index contributed by atoms with van der Waals surface area (Å²) in [5, 5.41) is 7.05. The van der Waals surface area contributed by atoms with Gasteiger partial charge in [0.05, 0.1) is 24.3 Å². The molecule has 26 heavy (non-hydrogen) atoms. The maximum Gasteiger partial charge on any atom is 0.179 e. The first-order chi connectivity index (χ1) is 12.2. The van der Waals surface area contributed by atoms with Crippen molar-refractivity contribution in [1.82, 2.24) is 10.6 Å². The highest BCUT2D eigenvalue weighted by Gasteiger charge is 2.29. The highest BCUT2D eigenvalue weighted by molar-refractivity contribution is 7.80. The molecule has 0 aliphatic carbocycles. The van der Waals surface area contributed by atoms with Crippen LogP contribution in [0.3, 0.4) is 0 Å². The highest BCUT2D eigenvalue weighted by atomic mass is 35.5. The zero-order chi connectivity index (χ0) is 19.4. The molecule has 1 atom stereocenters. The molecule has 0 saturated heterocycles. The maximum atomic E-state index is 12.2. The predicted molar refractivity (Wildman–Crippen MR) is 108 cm³/mol. The predicted octanol–water partition coefficient (Wildman–Crippen LogP) is 4.16. The van der Waals surface area contributed by atoms with Gasteiger partial charge in [0, 0.05) is 11.3 Å². The lowest BCUT2D eigenvalue weighted by Gasteiger charge is -2.30. The molecule has 0 radical (unpaired) electrons. The lowest BCUT2D eigenvalue weighted by atomic mass is 9.93. The average Bonchev–Trinajstić information content (AvgIpc) is 2.52. The number of rotatable bonds is 7. The third kappa shape index (κ3) is 4.68. The van der Waals surface area contributed by atoms with E-state index in [0.29, 0.717) is 46.3 Å². The summed E-state index contributed by atoms with van der Waals surface area (Å²) in [6.45, 7) is 10.4. The molecule has 142 valence electrons. The summed E-state index contributed by atoms with van der Waals surface area (Å²) in [5.74, 6) is 1.40. The number of hydrogen-bond acceptors (Lipinski definition) is 4. The molecular weight excluding hydrogens is 372 g/mol. The average molecular weight is 397 g/mol. The molecule has 1 unspecified atom stereocenters. The Morgan fingerprint density at radius 2 is 2.04 bits per heavy atom. The molecule has 7 heteroatoms. The van der Waals surface area contributed by atoms with Gasteiger partial charge in [-0.05, 0) is 56.6 Å². The first kappa shape index (κ1) is 20.5. The molecule has 1 aliphatic heterocycles. The lowest BCUT2D eigenvalue weighted by molar-refractivity contribution is -0.114. The van der Waals surface area contributed by atoms with Crippen molar-refractivity contribution >= 4 is 34.7 Å². The molecule has 0 saturated carbocycles. The van der Waals surface area contributed by atoms with E-state index in [2.05, 4.69) is 24.5 Å². The van der Waals surface area contributed by atoms with Crippen LogP contribution in [0.1, 0.15) is 46.2 Å². The van der Waals surface area contributed by atoms with Crippen molar-refractivity contribution in [3.63, 3.8) is 0 Å². The molecule has 0 aromatic heterocycles. The summed E-state index contributed by atoms with van der Waals surface area (Å²) in [6.07, 6.45) is 0. The maximum absolute atomic E-state index is 12.2. The Bertz CT molecular complexity index is 747. The normalized spacial score (nSPS) is 17.0. The Morgan fingerprint density at radius 3 is 2.62 bits per heavy atom. The van der Waals surface area contributed by atoms with Gasteiger partial charge in [-0.1, -0.05) is 25.4 Å². The topological polar surface area (TPSA) is 59.6 Å². The van der Waals surface area contributed by atoms with Gasteiger partial charge in [-0.3, -0.25) is 4.79 Å². The molecule has 5 nitrogen and oxygen atoms in total. The zero-order valence-electron chi connectivity index (χ0n) is 15.7. The van der Waals surface area contributed by atoms with Crippen LogP contribution in [0, 0.1) is 5.92 Å². The van der Waals surface area contributed by atoms with Gasteiger partial charge >= 0.3 is 0 Å². The van der Waals surface area contributed by atoms with Crippen LogP contribution in [0.25, 0.3) is 0 Å². The minimum Gasteiger partial charge on any atom is -0.490 e. The third-order valence-electron chi connectivity index (χ3n) is 3.87. The van der Waals surface area contributed by atoms with Crippen molar-refractivity contribution in [3.8, 4) is 11.5 Å². The Morgan fingerprint density at radius 1 is 1.35 bits per heavy atom. The largest absolute Gasteiger partial charge is 0.490 e. The number of ketones is 1. The summed E-state index contributed by atoms with van der Waals surface area (Å²) in [6, 6.07) is 3.26. The van der Waals surface area contributed by atoms with E-state index in [9.17, 15) is 4.79 Å². The molecule has 0 bridgehead atoms. The van der Waals surface area contributed by atoms with Crippen molar-refractivity contribution in [2.45, 2.75) is 40.7 Å². The lowest BCUT2D eigenvalue weighted by Crippen LogP contribution is -2.44. The van der Waals surface area contributed by atoms with Crippen molar-refractivity contribution in [1.29, 1.82) is 0 Å². The number of carbonyl (C=O) groups excluding carboxylic acids is 1. The molecular formula is C19H25ClN2O3S. The van der Waals surface area contributed by atoms with E-state index in [1.54, 1.807) is 6.07 Å². The van der Waals surface area contributed by atoms with Gasteiger partial charge in [-0.2, -0.15) is 0 Å². The van der Waals surface area contributed by atoms with Gasteiger partial charge in [-0.25, -0.2) is 0 Å². The van der Waals surface area contributed by atoms with Gasteiger partial charge in [0.2, 0.25) is 0 Å². The second-order valence-electron chi connectivity index (χ2n) is 6.59. The summed E-state index contributed by atoms with van der Waals surface area (Å²) >= 11 is 11.7. The number of carbonyl (C=O) groups is 1. The molecule has 0 amide bonds. The van der Waals surface area contributed by atoms with Crippen LogP contribution in [0.4, 0.5) is 0 Å². The molecule has 0 fully saturated rings. The number of allylic oxidation sites excluding steroid dienone is 1. The molecule has 1 aromatic carbocycles. The summed E-state index contributed by atoms with van der Waals surface area (Å²) in [5.41, 5.74) is 2.15. The zero-order valence-corrected chi connectivity index (χ0v) is 17.3. The Balaban J connectivity index is 2.50. The standard InChI is InChI=1S/C19H25ClN2O3S/c1-6-24-15-8-13(7-14(20)18(15)25-9-10(2)3)17-16(12(5)23)11(4)21-19(26)22-17/h7-8,10,17H,6,9H2,1-5H3,(H2,21,22,26). The SMILES string of the molecule is CCOc1cc(C2NC(=S)NC(C)=C2C(C)=O)cc(Cl)c1OCC(C)C.